The van der Waals surface area contributed by atoms with E-state index in [1.807, 2.05) is 38.1 Å². The summed E-state index contributed by atoms with van der Waals surface area (Å²) in [7, 11) is -2.07. The van der Waals surface area contributed by atoms with E-state index in [2.05, 4.69) is 72.8 Å². The molecular formula is C27H29O4P. The quantitative estimate of drug-likeness (QED) is 0.316. The number of carbonyl (C=O) groups excluding carboxylic acids is 2. The first-order chi connectivity index (χ1) is 15.5. The van der Waals surface area contributed by atoms with Crippen LogP contribution in [-0.2, 0) is 14.3 Å². The highest BCUT2D eigenvalue weighted by Crippen LogP contribution is 2.56. The monoisotopic (exact) mass is 448 g/mol. The fraction of sp³-hybridized carbons (Fsp3) is 0.185. The number of carboxylic acids is 1. The second-order valence-corrected chi connectivity index (χ2v) is 10.5. The third-order valence-electron chi connectivity index (χ3n) is 4.88. The third kappa shape index (κ3) is 6.38. The number of ether oxygens (including phenoxy) is 1. The van der Waals surface area contributed by atoms with Crippen LogP contribution in [0.25, 0.3) is 0 Å². The van der Waals surface area contributed by atoms with E-state index in [4.69, 9.17) is 14.6 Å². The molecular weight excluding hydrogens is 419 g/mol. The Kier molecular flexibility index (Phi) is 9.84. The van der Waals surface area contributed by atoms with Crippen molar-refractivity contribution in [2.45, 2.75) is 20.8 Å². The summed E-state index contributed by atoms with van der Waals surface area (Å²) >= 11 is 0. The number of aliphatic carboxylic acids is 1. The van der Waals surface area contributed by atoms with Gasteiger partial charge in [0.05, 0.1) is 12.2 Å². The number of carboxylic acid groups (broad SMARTS) is 1. The average Bonchev–Trinajstić information content (AvgIpc) is 2.81. The molecule has 0 aromatic heterocycles. The van der Waals surface area contributed by atoms with Crippen LogP contribution in [-0.4, -0.2) is 24.7 Å². The average molecular weight is 448 g/mol. The van der Waals surface area contributed by atoms with Crippen LogP contribution in [0.5, 0.6) is 0 Å². The Bertz CT molecular complexity index is 915. The normalized spacial score (nSPS) is 11.2. The van der Waals surface area contributed by atoms with Gasteiger partial charge in [0.15, 0.2) is 0 Å². The molecule has 0 saturated carbocycles. The number of rotatable bonds is 7. The number of allylic oxidation sites excluding steroid dienone is 1. The largest absolute Gasteiger partial charge is 0.550 e. The van der Waals surface area contributed by atoms with Gasteiger partial charge in [0.25, 0.3) is 0 Å². The van der Waals surface area contributed by atoms with Gasteiger partial charge in [-0.05, 0) is 57.2 Å². The zero-order valence-corrected chi connectivity index (χ0v) is 19.6. The minimum atomic E-state index is -2.07. The van der Waals surface area contributed by atoms with E-state index in [0.29, 0.717) is 12.8 Å². The van der Waals surface area contributed by atoms with E-state index >= 15 is 0 Å². The topological polar surface area (TPSA) is 66.4 Å². The van der Waals surface area contributed by atoms with Crippen molar-refractivity contribution in [3.8, 4) is 0 Å². The highest BCUT2D eigenvalue weighted by Gasteiger charge is 2.46. The van der Waals surface area contributed by atoms with Crippen LogP contribution < -0.4 is 21.0 Å². The van der Waals surface area contributed by atoms with Crippen LogP contribution in [0.4, 0.5) is 0 Å². The molecule has 0 atom stereocenters. The van der Waals surface area contributed by atoms with Crippen LogP contribution in [0.15, 0.2) is 103 Å². The maximum absolute atomic E-state index is 12.7. The fourth-order valence-corrected chi connectivity index (χ4v) is 7.83. The molecule has 0 heterocycles. The third-order valence-corrected chi connectivity index (χ3v) is 9.24. The predicted octanol–water partition coefficient (Wildman–Crippen LogP) is 3.25. The van der Waals surface area contributed by atoms with Gasteiger partial charge in [-0.25, -0.2) is 4.79 Å². The Labute approximate surface area is 190 Å². The van der Waals surface area contributed by atoms with Crippen molar-refractivity contribution < 1.29 is 19.4 Å². The lowest BCUT2D eigenvalue weighted by Gasteiger charge is -2.28. The second kappa shape index (κ2) is 12.6. The fourth-order valence-electron chi connectivity index (χ4n) is 3.52. The van der Waals surface area contributed by atoms with Crippen LogP contribution >= 0.6 is 7.26 Å². The summed E-state index contributed by atoms with van der Waals surface area (Å²) in [6, 6.07) is 31.7. The summed E-state index contributed by atoms with van der Waals surface area (Å²) in [6.07, 6.45) is 2.54. The van der Waals surface area contributed by atoms with Gasteiger partial charge in [-0.2, -0.15) is 0 Å². The molecule has 0 aliphatic heterocycles. The number of benzene rings is 3. The number of esters is 1. The van der Waals surface area contributed by atoms with Crippen LogP contribution in [0.2, 0.25) is 0 Å². The Morgan fingerprint density at radius 2 is 1.16 bits per heavy atom. The number of hydrogen-bond acceptors (Lipinski definition) is 4. The molecule has 0 aliphatic carbocycles. The Morgan fingerprint density at radius 3 is 1.44 bits per heavy atom. The van der Waals surface area contributed by atoms with E-state index in [1.54, 1.807) is 0 Å². The first-order valence-electron chi connectivity index (χ1n) is 10.5. The van der Waals surface area contributed by atoms with E-state index in [1.165, 1.54) is 15.9 Å². The van der Waals surface area contributed by atoms with Crippen molar-refractivity contribution in [3.05, 3.63) is 103 Å². The molecule has 0 radical (unpaired) electrons. The lowest BCUT2D eigenvalue weighted by Crippen LogP contribution is -2.35. The molecule has 0 amide bonds. The van der Waals surface area contributed by atoms with Gasteiger partial charge >= 0.3 is 5.97 Å². The summed E-state index contributed by atoms with van der Waals surface area (Å²) in [5, 5.41) is 12.7. The standard InChI is InChI=1S/C25H26O2P.C2H4O2/c1-3-21(25(26)27-4-2)20-28(22-14-8-5-9-15-22,23-16-10-6-11-17-23)24-18-12-7-13-19-24;1-2(3)4/h3,5-19H,4,20H2,1-2H3;1H3,(H,3,4)/q+1;/p-1/b21-3-;. The highest BCUT2D eigenvalue weighted by atomic mass is 31.2. The van der Waals surface area contributed by atoms with Crippen LogP contribution in [0.3, 0.4) is 0 Å². The minimum Gasteiger partial charge on any atom is -0.550 e. The predicted molar refractivity (Wildman–Crippen MR) is 131 cm³/mol. The maximum Gasteiger partial charge on any atom is 0.337 e. The van der Waals surface area contributed by atoms with E-state index < -0.39 is 13.2 Å². The SMILES string of the molecule is C/C=C(/C[P+](c1ccccc1)(c1ccccc1)c1ccccc1)C(=O)OCC.CC(=O)[O-]. The first kappa shape index (κ1) is 25.0. The van der Waals surface area contributed by atoms with E-state index in [0.717, 1.165) is 12.5 Å². The van der Waals surface area contributed by atoms with Gasteiger partial charge in [0.1, 0.15) is 29.3 Å². The zero-order chi connectivity index (χ0) is 23.4. The molecule has 0 bridgehead atoms. The molecule has 3 aromatic carbocycles. The summed E-state index contributed by atoms with van der Waals surface area (Å²) < 4.78 is 5.36. The maximum atomic E-state index is 12.7. The highest BCUT2D eigenvalue weighted by molar-refractivity contribution is 7.95. The first-order valence-corrected chi connectivity index (χ1v) is 12.5. The van der Waals surface area contributed by atoms with Gasteiger partial charge in [0.2, 0.25) is 0 Å². The molecule has 3 rings (SSSR count). The molecule has 0 aliphatic rings. The van der Waals surface area contributed by atoms with Crippen molar-refractivity contribution in [2.24, 2.45) is 0 Å². The molecule has 4 nitrogen and oxygen atoms in total. The Hall–Kier alpha value is -3.23. The summed E-state index contributed by atoms with van der Waals surface area (Å²) in [6.45, 7) is 5.12. The van der Waals surface area contributed by atoms with Crippen molar-refractivity contribution >= 4 is 35.1 Å². The van der Waals surface area contributed by atoms with Gasteiger partial charge in [0, 0.05) is 5.97 Å². The van der Waals surface area contributed by atoms with Gasteiger partial charge in [-0.3, -0.25) is 0 Å². The molecule has 0 saturated heterocycles. The van der Waals surface area contributed by atoms with E-state index in [-0.39, 0.29) is 5.97 Å². The van der Waals surface area contributed by atoms with Crippen molar-refractivity contribution in [1.82, 2.24) is 0 Å². The van der Waals surface area contributed by atoms with Crippen LogP contribution in [0.1, 0.15) is 20.8 Å². The van der Waals surface area contributed by atoms with Crippen molar-refractivity contribution in [1.29, 1.82) is 0 Å². The molecule has 166 valence electrons. The lowest BCUT2D eigenvalue weighted by molar-refractivity contribution is -0.302. The molecule has 0 spiro atoms. The molecule has 3 aromatic rings. The van der Waals surface area contributed by atoms with Crippen LogP contribution in [0, 0.1) is 0 Å². The Balaban J connectivity index is 0.000000837. The van der Waals surface area contributed by atoms with Crippen molar-refractivity contribution in [2.75, 3.05) is 12.8 Å². The molecule has 0 fully saturated rings. The second-order valence-electron chi connectivity index (χ2n) is 7.00. The van der Waals surface area contributed by atoms with Crippen molar-refractivity contribution in [3.63, 3.8) is 0 Å². The van der Waals surface area contributed by atoms with Gasteiger partial charge in [-0.1, -0.05) is 60.7 Å². The number of hydrogen-bond donors (Lipinski definition) is 0. The smallest absolute Gasteiger partial charge is 0.337 e. The minimum absolute atomic E-state index is 0.225. The summed E-state index contributed by atoms with van der Waals surface area (Å²) in [5.41, 5.74) is 0.728. The zero-order valence-electron chi connectivity index (χ0n) is 18.7. The van der Waals surface area contributed by atoms with Gasteiger partial charge in [-0.15, -0.1) is 0 Å². The summed E-state index contributed by atoms with van der Waals surface area (Å²) in [5.74, 6) is -1.31. The number of carbonyl (C=O) groups is 2. The molecule has 32 heavy (non-hydrogen) atoms. The molecule has 0 N–H and O–H groups in total. The van der Waals surface area contributed by atoms with E-state index in [9.17, 15) is 4.79 Å². The van der Waals surface area contributed by atoms with Gasteiger partial charge < -0.3 is 14.6 Å². The Morgan fingerprint density at radius 1 is 0.812 bits per heavy atom. The summed E-state index contributed by atoms with van der Waals surface area (Å²) in [4.78, 5) is 21.6. The lowest BCUT2D eigenvalue weighted by atomic mass is 10.3. The molecule has 5 heteroatoms. The molecule has 0 unspecified atom stereocenters.